The minimum atomic E-state index is -0.356. The lowest BCUT2D eigenvalue weighted by molar-refractivity contribution is 0.332. The smallest absolute Gasteiger partial charge is 0.276 e. The molecule has 0 N–H and O–H groups in total. The number of rotatable bonds is 2. The van der Waals surface area contributed by atoms with Crippen molar-refractivity contribution in [1.29, 1.82) is 0 Å². The second-order valence-electron chi connectivity index (χ2n) is 2.61. The van der Waals surface area contributed by atoms with Crippen LogP contribution in [0.4, 0.5) is 0 Å². The fraction of sp³-hybridized carbons (Fsp3) is 0. The Hall–Kier alpha value is -2.10. The summed E-state index contributed by atoms with van der Waals surface area (Å²) >= 11 is 0. The van der Waals surface area contributed by atoms with Crippen LogP contribution in [0.3, 0.4) is 0 Å². The summed E-state index contributed by atoms with van der Waals surface area (Å²) in [6, 6.07) is 10.4. The lowest BCUT2D eigenvalue weighted by Gasteiger charge is -2.02. The summed E-state index contributed by atoms with van der Waals surface area (Å²) in [5.41, 5.74) is 0. The van der Waals surface area contributed by atoms with Crippen molar-refractivity contribution in [2.24, 2.45) is 0 Å². The fourth-order valence-corrected chi connectivity index (χ4v) is 0.988. The van der Waals surface area contributed by atoms with E-state index in [1.165, 1.54) is 12.4 Å². The lowest BCUT2D eigenvalue weighted by Crippen LogP contribution is -1.87. The normalized spacial score (nSPS) is 9.71. The molecule has 0 aliphatic heterocycles. The third-order valence-electron chi connectivity index (χ3n) is 1.58. The Kier molecular flexibility index (Phi) is 2.27. The molecule has 2 rings (SSSR count). The van der Waals surface area contributed by atoms with E-state index < -0.39 is 0 Å². The van der Waals surface area contributed by atoms with E-state index in [9.17, 15) is 5.11 Å². The molecule has 1 radical (unpaired) electrons. The average molecular weight is 187 g/mol. The van der Waals surface area contributed by atoms with Gasteiger partial charge in [0.25, 0.3) is 5.88 Å². The molecule has 0 atom stereocenters. The van der Waals surface area contributed by atoms with E-state index in [-0.39, 0.29) is 11.8 Å². The van der Waals surface area contributed by atoms with E-state index >= 15 is 0 Å². The summed E-state index contributed by atoms with van der Waals surface area (Å²) in [5, 5.41) is 10.8. The average Bonchev–Trinajstić information content (AvgIpc) is 2.19. The first-order valence-corrected chi connectivity index (χ1v) is 4.06. The Morgan fingerprint density at radius 3 is 2.57 bits per heavy atom. The maximum atomic E-state index is 10.8. The van der Waals surface area contributed by atoms with E-state index in [2.05, 4.69) is 9.97 Å². The Morgan fingerprint density at radius 2 is 1.86 bits per heavy atom. The van der Waals surface area contributed by atoms with Gasteiger partial charge in [-0.15, -0.1) is 0 Å². The Balaban J connectivity index is 2.19. The van der Waals surface area contributed by atoms with Crippen LogP contribution < -0.4 is 4.74 Å². The van der Waals surface area contributed by atoms with Crippen molar-refractivity contribution >= 4 is 0 Å². The predicted octanol–water partition coefficient (Wildman–Crippen LogP) is 2.41. The van der Waals surface area contributed by atoms with Crippen LogP contribution in [-0.2, 0) is 5.11 Å². The van der Waals surface area contributed by atoms with Gasteiger partial charge in [-0.05, 0) is 12.1 Å². The molecule has 0 aliphatic carbocycles. The molecule has 2 aromatic rings. The monoisotopic (exact) mass is 187 g/mol. The third-order valence-corrected chi connectivity index (χ3v) is 1.58. The maximum absolute atomic E-state index is 10.8. The summed E-state index contributed by atoms with van der Waals surface area (Å²) in [6.45, 7) is 0. The minimum Gasteiger partial charge on any atom is -0.439 e. The number of nitrogens with zero attached hydrogens (tertiary/aromatic N) is 2. The van der Waals surface area contributed by atoms with Crippen molar-refractivity contribution in [1.82, 2.24) is 9.97 Å². The van der Waals surface area contributed by atoms with Gasteiger partial charge in [-0.25, -0.2) is 4.98 Å². The molecular weight excluding hydrogens is 180 g/mol. The third kappa shape index (κ3) is 1.98. The molecule has 0 bridgehead atoms. The molecule has 0 saturated heterocycles. The Morgan fingerprint density at radius 1 is 1.07 bits per heavy atom. The number of hydrogen-bond acceptors (Lipinski definition) is 3. The molecule has 4 heteroatoms. The molecule has 0 saturated carbocycles. The minimum absolute atomic E-state index is 0.260. The van der Waals surface area contributed by atoms with E-state index in [1.54, 1.807) is 12.1 Å². The summed E-state index contributed by atoms with van der Waals surface area (Å²) in [7, 11) is 0. The van der Waals surface area contributed by atoms with Gasteiger partial charge in [0.1, 0.15) is 12.1 Å². The van der Waals surface area contributed by atoms with Crippen molar-refractivity contribution in [3.63, 3.8) is 0 Å². The van der Waals surface area contributed by atoms with Gasteiger partial charge in [0.05, 0.1) is 6.07 Å². The lowest BCUT2D eigenvalue weighted by atomic mass is 10.3. The molecule has 1 heterocycles. The van der Waals surface area contributed by atoms with Crippen LogP contribution in [-0.4, -0.2) is 9.97 Å². The van der Waals surface area contributed by atoms with E-state index in [0.29, 0.717) is 5.75 Å². The van der Waals surface area contributed by atoms with Crippen molar-refractivity contribution < 1.29 is 9.84 Å². The van der Waals surface area contributed by atoms with Gasteiger partial charge in [0.15, 0.2) is 0 Å². The second kappa shape index (κ2) is 3.74. The summed E-state index contributed by atoms with van der Waals surface area (Å²) < 4.78 is 5.31. The number of benzene rings is 1. The first kappa shape index (κ1) is 8.50. The molecule has 0 unspecified atom stereocenters. The van der Waals surface area contributed by atoms with Crippen LogP contribution in [0.15, 0.2) is 42.7 Å². The molecule has 0 aliphatic rings. The molecular formula is C10H7N2O2. The van der Waals surface area contributed by atoms with E-state index in [1.807, 2.05) is 18.2 Å². The van der Waals surface area contributed by atoms with Crippen molar-refractivity contribution in [2.45, 2.75) is 0 Å². The van der Waals surface area contributed by atoms with Gasteiger partial charge < -0.3 is 4.74 Å². The predicted molar refractivity (Wildman–Crippen MR) is 48.7 cm³/mol. The largest absolute Gasteiger partial charge is 0.439 e. The van der Waals surface area contributed by atoms with Gasteiger partial charge >= 0.3 is 0 Å². The standard InChI is InChI=1S/C10H7N2O2/c13-9-6-10(12-7-11-9)14-8-4-2-1-3-5-8/h1-7H. The molecule has 0 spiro atoms. The highest BCUT2D eigenvalue weighted by Gasteiger charge is 2.00. The molecule has 4 nitrogen and oxygen atoms in total. The topological polar surface area (TPSA) is 54.9 Å². The molecule has 0 fully saturated rings. The van der Waals surface area contributed by atoms with Crippen LogP contribution in [0.25, 0.3) is 0 Å². The molecule has 14 heavy (non-hydrogen) atoms. The quantitative estimate of drug-likeness (QED) is 0.725. The summed E-state index contributed by atoms with van der Waals surface area (Å²) in [4.78, 5) is 7.24. The molecule has 69 valence electrons. The highest BCUT2D eigenvalue weighted by Crippen LogP contribution is 2.20. The highest BCUT2D eigenvalue weighted by molar-refractivity contribution is 5.27. The van der Waals surface area contributed by atoms with Gasteiger partial charge in [0.2, 0.25) is 5.88 Å². The van der Waals surface area contributed by atoms with Crippen LogP contribution >= 0.6 is 0 Å². The summed E-state index contributed by atoms with van der Waals surface area (Å²) in [5.74, 6) is 0.549. The zero-order valence-corrected chi connectivity index (χ0v) is 7.25. The Labute approximate surface area is 80.8 Å². The number of ether oxygens (including phenoxy) is 1. The second-order valence-corrected chi connectivity index (χ2v) is 2.61. The highest BCUT2D eigenvalue weighted by atomic mass is 16.5. The fourth-order valence-electron chi connectivity index (χ4n) is 0.988. The maximum Gasteiger partial charge on any atom is 0.276 e. The summed E-state index contributed by atoms with van der Waals surface area (Å²) in [6.07, 6.45) is 1.18. The van der Waals surface area contributed by atoms with Crippen molar-refractivity contribution in [3.05, 3.63) is 42.7 Å². The van der Waals surface area contributed by atoms with E-state index in [0.717, 1.165) is 0 Å². The number of para-hydroxylation sites is 1. The van der Waals surface area contributed by atoms with Crippen LogP contribution in [0.5, 0.6) is 17.5 Å². The zero-order chi connectivity index (χ0) is 9.80. The molecule has 1 aromatic carbocycles. The zero-order valence-electron chi connectivity index (χ0n) is 7.25. The van der Waals surface area contributed by atoms with Crippen molar-refractivity contribution in [3.8, 4) is 17.5 Å². The first-order valence-electron chi connectivity index (χ1n) is 4.06. The molecule has 1 aromatic heterocycles. The first-order chi connectivity index (χ1) is 6.84. The van der Waals surface area contributed by atoms with Gasteiger partial charge in [0, 0.05) is 0 Å². The van der Waals surface area contributed by atoms with Crippen molar-refractivity contribution in [2.75, 3.05) is 0 Å². The van der Waals surface area contributed by atoms with Gasteiger partial charge in [-0.2, -0.15) is 4.98 Å². The van der Waals surface area contributed by atoms with E-state index in [4.69, 9.17) is 4.74 Å². The van der Waals surface area contributed by atoms with Crippen LogP contribution in [0.2, 0.25) is 0 Å². The van der Waals surface area contributed by atoms with Gasteiger partial charge in [-0.1, -0.05) is 18.2 Å². The number of aromatic nitrogens is 2. The SMILES string of the molecule is [O]c1cc(Oc2ccccc2)ncn1. The van der Waals surface area contributed by atoms with Gasteiger partial charge in [-0.3, -0.25) is 5.11 Å². The Bertz CT molecular complexity index is 417. The number of hydrogen-bond donors (Lipinski definition) is 0. The molecule has 0 amide bonds. The van der Waals surface area contributed by atoms with Crippen LogP contribution in [0, 0.1) is 0 Å². The van der Waals surface area contributed by atoms with Crippen LogP contribution in [0.1, 0.15) is 0 Å².